The molecule has 4 nitrogen and oxygen atoms in total. The lowest BCUT2D eigenvalue weighted by atomic mass is 10.1. The van der Waals surface area contributed by atoms with Gasteiger partial charge in [-0.2, -0.15) is 0 Å². The van der Waals surface area contributed by atoms with Gasteiger partial charge >= 0.3 is 0 Å². The smallest absolute Gasteiger partial charge is 0.167 e. The van der Waals surface area contributed by atoms with Crippen LogP contribution in [0.2, 0.25) is 0 Å². The number of nitrogens with two attached hydrogens (primary N) is 1. The van der Waals surface area contributed by atoms with Gasteiger partial charge in [0, 0.05) is 5.39 Å². The number of fused-ring (bicyclic) bond motifs is 1. The second-order valence-electron chi connectivity index (χ2n) is 2.91. The maximum Gasteiger partial charge on any atom is 0.167 e. The summed E-state index contributed by atoms with van der Waals surface area (Å²) in [5.41, 5.74) is 2.65. The second kappa shape index (κ2) is 3.16. The molecule has 0 amide bonds. The van der Waals surface area contributed by atoms with Gasteiger partial charge in [-0.1, -0.05) is 11.2 Å². The highest BCUT2D eigenvalue weighted by Crippen LogP contribution is 2.19. The van der Waals surface area contributed by atoms with Crippen molar-refractivity contribution in [2.75, 3.05) is 0 Å². The van der Waals surface area contributed by atoms with Crippen molar-refractivity contribution in [3.8, 4) is 0 Å². The molecule has 0 aliphatic rings. The van der Waals surface area contributed by atoms with Gasteiger partial charge in [-0.15, -0.1) is 0 Å². The lowest BCUT2D eigenvalue weighted by Gasteiger charge is -1.96. The third kappa shape index (κ3) is 1.41. The van der Waals surface area contributed by atoms with Crippen LogP contribution in [-0.4, -0.2) is 5.16 Å². The molecule has 0 unspecified atom stereocenters. The summed E-state index contributed by atoms with van der Waals surface area (Å²) in [6.45, 7) is 2.29. The largest absolute Gasteiger partial charge is 0.356 e. The maximum absolute atomic E-state index is 5.09. The number of hydrogen-bond donors (Lipinski definition) is 1. The third-order valence-electron chi connectivity index (χ3n) is 1.97. The zero-order valence-electron chi connectivity index (χ0n) is 7.28. The van der Waals surface area contributed by atoms with Crippen molar-refractivity contribution in [1.82, 2.24) is 5.16 Å². The molecule has 1 aromatic heterocycles. The maximum atomic E-state index is 5.09. The molecular formula is C9H10N2O2. The van der Waals surface area contributed by atoms with Crippen LogP contribution in [-0.2, 0) is 11.4 Å². The van der Waals surface area contributed by atoms with Crippen LogP contribution < -0.4 is 5.90 Å². The molecule has 2 rings (SSSR count). The molecule has 4 heteroatoms. The van der Waals surface area contributed by atoms with Crippen molar-refractivity contribution in [2.45, 2.75) is 13.5 Å². The first-order valence-corrected chi connectivity index (χ1v) is 3.98. The normalized spacial score (nSPS) is 10.9. The van der Waals surface area contributed by atoms with Gasteiger partial charge in [0.15, 0.2) is 5.58 Å². The Morgan fingerprint density at radius 3 is 3.15 bits per heavy atom. The highest BCUT2D eigenvalue weighted by atomic mass is 16.6. The van der Waals surface area contributed by atoms with Gasteiger partial charge in [0.1, 0.15) is 0 Å². The van der Waals surface area contributed by atoms with Gasteiger partial charge in [0.05, 0.1) is 12.3 Å². The van der Waals surface area contributed by atoms with E-state index in [0.29, 0.717) is 6.61 Å². The van der Waals surface area contributed by atoms with Crippen molar-refractivity contribution in [2.24, 2.45) is 5.90 Å². The molecule has 68 valence electrons. The minimum Gasteiger partial charge on any atom is -0.356 e. The topological polar surface area (TPSA) is 61.3 Å². The van der Waals surface area contributed by atoms with E-state index in [1.54, 1.807) is 0 Å². The first-order chi connectivity index (χ1) is 6.31. The Bertz CT molecular complexity index is 422. The highest BCUT2D eigenvalue weighted by molar-refractivity contribution is 5.79. The van der Waals surface area contributed by atoms with E-state index in [4.69, 9.17) is 10.4 Å². The molecule has 0 radical (unpaired) electrons. The van der Waals surface area contributed by atoms with Crippen LogP contribution in [0, 0.1) is 6.92 Å². The Morgan fingerprint density at radius 2 is 2.38 bits per heavy atom. The fraction of sp³-hybridized carbons (Fsp3) is 0.222. The number of benzene rings is 1. The number of aryl methyl sites for hydroxylation is 1. The Balaban J connectivity index is 2.50. The summed E-state index contributed by atoms with van der Waals surface area (Å²) >= 11 is 0. The molecule has 0 saturated heterocycles. The zero-order valence-corrected chi connectivity index (χ0v) is 7.28. The molecule has 0 atom stereocenters. The van der Waals surface area contributed by atoms with E-state index in [1.165, 1.54) is 0 Å². The van der Waals surface area contributed by atoms with Crippen LogP contribution in [0.3, 0.4) is 0 Å². The zero-order chi connectivity index (χ0) is 9.26. The van der Waals surface area contributed by atoms with E-state index >= 15 is 0 Å². The summed E-state index contributed by atoms with van der Waals surface area (Å²) < 4.78 is 5.09. The van der Waals surface area contributed by atoms with Gasteiger partial charge in [-0.3, -0.25) is 4.84 Å². The molecule has 0 saturated carbocycles. The van der Waals surface area contributed by atoms with Crippen LogP contribution in [0.4, 0.5) is 0 Å². The Kier molecular flexibility index (Phi) is 2.00. The van der Waals surface area contributed by atoms with E-state index < -0.39 is 0 Å². The number of aromatic nitrogens is 1. The van der Waals surface area contributed by atoms with Crippen molar-refractivity contribution in [3.05, 3.63) is 29.5 Å². The number of rotatable bonds is 2. The van der Waals surface area contributed by atoms with Crippen molar-refractivity contribution >= 4 is 11.0 Å². The number of hydrogen-bond acceptors (Lipinski definition) is 4. The van der Waals surface area contributed by atoms with E-state index in [0.717, 1.165) is 22.2 Å². The van der Waals surface area contributed by atoms with Crippen LogP contribution in [0.5, 0.6) is 0 Å². The molecular weight excluding hydrogens is 168 g/mol. The van der Waals surface area contributed by atoms with E-state index in [-0.39, 0.29) is 0 Å². The Labute approximate surface area is 75.2 Å². The molecule has 1 heterocycles. The summed E-state index contributed by atoms with van der Waals surface area (Å²) in [5, 5.41) is 4.88. The van der Waals surface area contributed by atoms with Crippen molar-refractivity contribution in [3.63, 3.8) is 0 Å². The molecule has 2 N–H and O–H groups in total. The summed E-state index contributed by atoms with van der Waals surface area (Å²) in [6, 6.07) is 5.77. The fourth-order valence-electron chi connectivity index (χ4n) is 1.29. The molecule has 1 aromatic carbocycles. The van der Waals surface area contributed by atoms with Crippen molar-refractivity contribution in [1.29, 1.82) is 0 Å². The first kappa shape index (κ1) is 8.22. The predicted molar refractivity (Wildman–Crippen MR) is 47.7 cm³/mol. The van der Waals surface area contributed by atoms with Gasteiger partial charge in [0.25, 0.3) is 0 Å². The second-order valence-corrected chi connectivity index (χ2v) is 2.91. The molecule has 13 heavy (non-hydrogen) atoms. The highest BCUT2D eigenvalue weighted by Gasteiger charge is 2.03. The predicted octanol–water partition coefficient (Wildman–Crippen LogP) is 1.53. The van der Waals surface area contributed by atoms with Crippen LogP contribution in [0.25, 0.3) is 11.0 Å². The summed E-state index contributed by atoms with van der Waals surface area (Å²) in [4.78, 5) is 4.52. The Morgan fingerprint density at radius 1 is 1.54 bits per heavy atom. The van der Waals surface area contributed by atoms with E-state index in [2.05, 4.69) is 9.99 Å². The summed E-state index contributed by atoms with van der Waals surface area (Å²) in [5.74, 6) is 4.96. The molecule has 0 aliphatic carbocycles. The molecule has 0 bridgehead atoms. The molecule has 2 aromatic rings. The van der Waals surface area contributed by atoms with Gasteiger partial charge in [-0.05, 0) is 24.6 Å². The molecule has 0 aliphatic heterocycles. The monoisotopic (exact) mass is 178 g/mol. The van der Waals surface area contributed by atoms with Crippen LogP contribution in [0.1, 0.15) is 11.3 Å². The minimum absolute atomic E-state index is 0.385. The average molecular weight is 178 g/mol. The standard InChI is InChI=1S/C9H10N2O2/c1-6-8-3-2-7(5-12-10)4-9(8)13-11-6/h2-4H,5,10H2,1H3. The lowest BCUT2D eigenvalue weighted by Crippen LogP contribution is -1.98. The average Bonchev–Trinajstić information content (AvgIpc) is 2.48. The van der Waals surface area contributed by atoms with Crippen molar-refractivity contribution < 1.29 is 9.36 Å². The summed E-state index contributed by atoms with van der Waals surface area (Å²) in [6.07, 6.45) is 0. The van der Waals surface area contributed by atoms with Gasteiger partial charge in [-0.25, -0.2) is 5.90 Å². The first-order valence-electron chi connectivity index (χ1n) is 3.98. The van der Waals surface area contributed by atoms with Crippen LogP contribution in [0.15, 0.2) is 22.7 Å². The SMILES string of the molecule is Cc1noc2cc(CON)ccc12. The quantitative estimate of drug-likeness (QED) is 0.708. The lowest BCUT2D eigenvalue weighted by molar-refractivity contribution is 0.124. The third-order valence-corrected chi connectivity index (χ3v) is 1.97. The van der Waals surface area contributed by atoms with E-state index in [9.17, 15) is 0 Å². The van der Waals surface area contributed by atoms with Gasteiger partial charge in [0.2, 0.25) is 0 Å². The van der Waals surface area contributed by atoms with E-state index in [1.807, 2.05) is 25.1 Å². The fourth-order valence-corrected chi connectivity index (χ4v) is 1.29. The molecule has 0 fully saturated rings. The Hall–Kier alpha value is -1.39. The molecule has 0 spiro atoms. The van der Waals surface area contributed by atoms with Crippen LogP contribution >= 0.6 is 0 Å². The van der Waals surface area contributed by atoms with Gasteiger partial charge < -0.3 is 4.52 Å². The summed E-state index contributed by atoms with van der Waals surface area (Å²) in [7, 11) is 0. The number of nitrogens with zero attached hydrogens (tertiary/aromatic N) is 1. The minimum atomic E-state index is 0.385.